The van der Waals surface area contributed by atoms with E-state index in [9.17, 15) is 14.0 Å². The van der Waals surface area contributed by atoms with Gasteiger partial charge in [0.25, 0.3) is 5.91 Å². The van der Waals surface area contributed by atoms with E-state index in [-0.39, 0.29) is 5.56 Å². The van der Waals surface area contributed by atoms with Crippen LogP contribution in [0.5, 0.6) is 0 Å². The molecule has 0 saturated heterocycles. The molecule has 22 heavy (non-hydrogen) atoms. The zero-order chi connectivity index (χ0) is 16.4. The minimum atomic E-state index is -1.56. The number of hydrogen-bond donors (Lipinski definition) is 2. The summed E-state index contributed by atoms with van der Waals surface area (Å²) in [4.78, 5) is 22.9. The molecule has 2 rings (SSSR count). The summed E-state index contributed by atoms with van der Waals surface area (Å²) in [6.45, 7) is 4.04. The molecule has 0 aromatic carbocycles. The molecule has 0 fully saturated rings. The van der Waals surface area contributed by atoms with E-state index in [2.05, 4.69) is 10.5 Å². The zero-order valence-electron chi connectivity index (χ0n) is 12.4. The van der Waals surface area contributed by atoms with Crippen molar-refractivity contribution in [3.05, 3.63) is 34.8 Å². The van der Waals surface area contributed by atoms with Crippen LogP contribution in [0.25, 0.3) is 5.82 Å². The van der Waals surface area contributed by atoms with Crippen LogP contribution in [0, 0.1) is 20.8 Å². The van der Waals surface area contributed by atoms with E-state index in [1.54, 1.807) is 37.5 Å². The Hall–Kier alpha value is -2.64. The number of nitrogens with zero attached hydrogens (tertiary/aromatic N) is 2. The van der Waals surface area contributed by atoms with Gasteiger partial charge in [-0.05, 0) is 26.8 Å². The molecule has 1 amide bonds. The molecule has 2 aromatic heterocycles. The van der Waals surface area contributed by atoms with E-state index in [1.807, 2.05) is 0 Å². The largest absolute Gasteiger partial charge is 0.480 e. The molecule has 0 spiro atoms. The number of rotatable bonds is 5. The van der Waals surface area contributed by atoms with E-state index >= 15 is 0 Å². The number of halogens is 1. The maximum Gasteiger partial charge on any atom is 0.328 e. The number of carboxylic acid groups (broad SMARTS) is 1. The zero-order valence-corrected chi connectivity index (χ0v) is 12.4. The molecule has 0 saturated carbocycles. The number of carboxylic acids is 1. The van der Waals surface area contributed by atoms with Gasteiger partial charge in [-0.1, -0.05) is 5.16 Å². The van der Waals surface area contributed by atoms with Gasteiger partial charge in [-0.2, -0.15) is 0 Å². The fourth-order valence-corrected chi connectivity index (χ4v) is 2.21. The lowest BCUT2D eigenvalue weighted by Crippen LogP contribution is -2.42. The molecule has 0 aliphatic carbocycles. The third-order valence-corrected chi connectivity index (χ3v) is 3.28. The molecule has 2 aromatic rings. The highest BCUT2D eigenvalue weighted by Gasteiger charge is 2.24. The van der Waals surface area contributed by atoms with Crippen LogP contribution in [-0.4, -0.2) is 39.4 Å². The molecule has 1 unspecified atom stereocenters. The van der Waals surface area contributed by atoms with Gasteiger partial charge in [-0.3, -0.25) is 9.36 Å². The molecule has 7 nitrogen and oxygen atoms in total. The van der Waals surface area contributed by atoms with Gasteiger partial charge in [-0.25, -0.2) is 9.18 Å². The second kappa shape index (κ2) is 6.00. The molecule has 0 radical (unpaired) electrons. The van der Waals surface area contributed by atoms with Crippen molar-refractivity contribution in [1.82, 2.24) is 15.0 Å². The normalized spacial score (nSPS) is 12.2. The van der Waals surface area contributed by atoms with Crippen LogP contribution >= 0.6 is 0 Å². The van der Waals surface area contributed by atoms with Crippen molar-refractivity contribution in [1.29, 1.82) is 0 Å². The molecule has 118 valence electrons. The van der Waals surface area contributed by atoms with Gasteiger partial charge in [-0.15, -0.1) is 0 Å². The van der Waals surface area contributed by atoms with E-state index in [0.29, 0.717) is 17.3 Å². The number of nitrogens with one attached hydrogen (secondary N) is 1. The molecular weight excluding hydrogens is 293 g/mol. The lowest BCUT2D eigenvalue weighted by molar-refractivity contribution is -0.139. The molecule has 2 N–H and O–H groups in total. The molecular formula is C14H16FN3O4. The monoisotopic (exact) mass is 309 g/mol. The molecule has 8 heteroatoms. The first-order chi connectivity index (χ1) is 10.3. The number of carbonyl (C=O) groups excluding carboxylic acids is 1. The maximum atomic E-state index is 12.6. The first kappa shape index (κ1) is 15.7. The molecule has 1 atom stereocenters. The topological polar surface area (TPSA) is 97.4 Å². The second-order valence-corrected chi connectivity index (χ2v) is 4.93. The summed E-state index contributed by atoms with van der Waals surface area (Å²) in [5, 5.41) is 14.8. The van der Waals surface area contributed by atoms with Crippen LogP contribution < -0.4 is 5.32 Å². The Balaban J connectivity index is 2.34. The van der Waals surface area contributed by atoms with Gasteiger partial charge in [0.2, 0.25) is 0 Å². The summed E-state index contributed by atoms with van der Waals surface area (Å²) in [6, 6.07) is 1.74. The van der Waals surface area contributed by atoms with Crippen molar-refractivity contribution < 1.29 is 23.6 Å². The first-order valence-corrected chi connectivity index (χ1v) is 6.57. The predicted octanol–water partition coefficient (Wildman–Crippen LogP) is 1.54. The highest BCUT2D eigenvalue weighted by Crippen LogP contribution is 2.20. The number of aliphatic carboxylic acids is 1. The maximum absolute atomic E-state index is 12.6. The third-order valence-electron chi connectivity index (χ3n) is 3.28. The van der Waals surface area contributed by atoms with E-state index in [0.717, 1.165) is 5.69 Å². The standard InChI is InChI=1S/C14H16FN3O4/c1-7-4-10(13(19)16-11(6-15)14(20)21)9(3)18(7)12-5-8(2)22-17-12/h4-5,11H,6H2,1-3H3,(H,16,19)(H,20,21). The van der Waals surface area contributed by atoms with E-state index in [1.165, 1.54) is 0 Å². The first-order valence-electron chi connectivity index (χ1n) is 6.57. The predicted molar refractivity (Wildman–Crippen MR) is 74.9 cm³/mol. The lowest BCUT2D eigenvalue weighted by atomic mass is 10.2. The van der Waals surface area contributed by atoms with Crippen LogP contribution in [0.1, 0.15) is 27.5 Å². The van der Waals surface area contributed by atoms with Gasteiger partial charge < -0.3 is 14.9 Å². The summed E-state index contributed by atoms with van der Waals surface area (Å²) in [5.41, 5.74) is 1.55. The molecule has 2 heterocycles. The van der Waals surface area contributed by atoms with Crippen molar-refractivity contribution in [2.45, 2.75) is 26.8 Å². The lowest BCUT2D eigenvalue weighted by Gasteiger charge is -2.11. The highest BCUT2D eigenvalue weighted by molar-refractivity contribution is 5.98. The van der Waals surface area contributed by atoms with E-state index < -0.39 is 24.6 Å². The molecule has 0 aliphatic rings. The van der Waals surface area contributed by atoms with Gasteiger partial charge in [0.1, 0.15) is 12.4 Å². The van der Waals surface area contributed by atoms with Gasteiger partial charge >= 0.3 is 5.97 Å². The SMILES string of the molecule is Cc1cc(-n2c(C)cc(C(=O)NC(CF)C(=O)O)c2C)no1. The average molecular weight is 309 g/mol. The Labute approximate surface area is 125 Å². The number of alkyl halides is 1. The summed E-state index contributed by atoms with van der Waals surface area (Å²) < 4.78 is 19.3. The van der Waals surface area contributed by atoms with Crippen molar-refractivity contribution in [2.24, 2.45) is 0 Å². The summed E-state index contributed by atoms with van der Waals surface area (Å²) in [7, 11) is 0. The molecule has 0 bridgehead atoms. The smallest absolute Gasteiger partial charge is 0.328 e. The number of hydrogen-bond acceptors (Lipinski definition) is 4. The van der Waals surface area contributed by atoms with Crippen LogP contribution in [-0.2, 0) is 4.79 Å². The number of amides is 1. The number of aromatic nitrogens is 2. The van der Waals surface area contributed by atoms with Crippen LogP contribution in [0.2, 0.25) is 0 Å². The van der Waals surface area contributed by atoms with Crippen LogP contribution in [0.3, 0.4) is 0 Å². The Morgan fingerprint density at radius 3 is 2.59 bits per heavy atom. The van der Waals surface area contributed by atoms with Crippen molar-refractivity contribution in [3.8, 4) is 5.82 Å². The van der Waals surface area contributed by atoms with Crippen molar-refractivity contribution in [3.63, 3.8) is 0 Å². The van der Waals surface area contributed by atoms with Gasteiger partial charge in [0.15, 0.2) is 11.9 Å². The number of aryl methyl sites for hydroxylation is 2. The highest BCUT2D eigenvalue weighted by atomic mass is 19.1. The second-order valence-electron chi connectivity index (χ2n) is 4.93. The quantitative estimate of drug-likeness (QED) is 0.873. The Morgan fingerprint density at radius 1 is 1.41 bits per heavy atom. The van der Waals surface area contributed by atoms with Crippen LogP contribution in [0.15, 0.2) is 16.7 Å². The Bertz CT molecular complexity index is 720. The van der Waals surface area contributed by atoms with Crippen molar-refractivity contribution >= 4 is 11.9 Å². The Morgan fingerprint density at radius 2 is 2.09 bits per heavy atom. The average Bonchev–Trinajstić information content (AvgIpc) is 2.99. The fourth-order valence-electron chi connectivity index (χ4n) is 2.21. The fraction of sp³-hybridized carbons (Fsp3) is 0.357. The Kier molecular flexibility index (Phi) is 4.30. The van der Waals surface area contributed by atoms with Gasteiger partial charge in [0, 0.05) is 17.5 Å². The minimum absolute atomic E-state index is 0.262. The number of carbonyl (C=O) groups is 2. The summed E-state index contributed by atoms with van der Waals surface area (Å²) in [5.74, 6) is -0.926. The van der Waals surface area contributed by atoms with E-state index in [4.69, 9.17) is 9.63 Å². The third kappa shape index (κ3) is 2.85. The summed E-state index contributed by atoms with van der Waals surface area (Å²) >= 11 is 0. The van der Waals surface area contributed by atoms with Gasteiger partial charge in [0.05, 0.1) is 5.56 Å². The van der Waals surface area contributed by atoms with Crippen molar-refractivity contribution in [2.75, 3.05) is 6.67 Å². The summed E-state index contributed by atoms with van der Waals surface area (Å²) in [6.07, 6.45) is 0. The minimum Gasteiger partial charge on any atom is -0.480 e. The van der Waals surface area contributed by atoms with Crippen LogP contribution in [0.4, 0.5) is 4.39 Å². The molecule has 0 aliphatic heterocycles.